The average Bonchev–Trinajstić information content (AvgIpc) is 2.71. The number of imidazole rings is 1. The van der Waals surface area contributed by atoms with Crippen molar-refractivity contribution in [3.05, 3.63) is 41.1 Å². The molecule has 2 heterocycles. The molecule has 3 rings (SSSR count). The molecule has 0 unspecified atom stereocenters. The molecule has 0 saturated carbocycles. The second-order valence-corrected chi connectivity index (χ2v) is 4.94. The number of pyridine rings is 1. The van der Waals surface area contributed by atoms with Crippen LogP contribution < -0.4 is 0 Å². The van der Waals surface area contributed by atoms with E-state index in [1.807, 2.05) is 23.7 Å². The number of phenolic OH excluding ortho intramolecular Hbond substituents is 1. The van der Waals surface area contributed by atoms with Gasteiger partial charge in [0, 0.05) is 17.7 Å². The molecule has 4 nitrogen and oxygen atoms in total. The van der Waals surface area contributed by atoms with Crippen molar-refractivity contribution in [2.24, 2.45) is 7.05 Å². The fourth-order valence-corrected chi connectivity index (χ4v) is 2.32. The van der Waals surface area contributed by atoms with Crippen LogP contribution in [0.4, 0.5) is 0 Å². The summed E-state index contributed by atoms with van der Waals surface area (Å²) in [4.78, 5) is 8.61. The molecule has 0 fully saturated rings. The smallest absolute Gasteiger partial charge is 0.144 e. The molecule has 2 aromatic heterocycles. The van der Waals surface area contributed by atoms with Gasteiger partial charge in [-0.15, -0.1) is 0 Å². The van der Waals surface area contributed by atoms with Gasteiger partial charge in [0.2, 0.25) is 0 Å². The first-order valence-electron chi connectivity index (χ1n) is 5.42. The Labute approximate surface area is 112 Å². The highest BCUT2D eigenvalue weighted by atomic mass is 79.9. The van der Waals surface area contributed by atoms with E-state index in [1.165, 1.54) is 0 Å². The summed E-state index contributed by atoms with van der Waals surface area (Å²) in [7, 11) is 1.91. The van der Waals surface area contributed by atoms with E-state index in [2.05, 4.69) is 25.9 Å². The fraction of sp³-hybridized carbons (Fsp3) is 0.0769. The summed E-state index contributed by atoms with van der Waals surface area (Å²) >= 11 is 3.40. The van der Waals surface area contributed by atoms with Crippen molar-refractivity contribution < 1.29 is 5.11 Å². The number of benzene rings is 1. The summed E-state index contributed by atoms with van der Waals surface area (Å²) in [6, 6.07) is 7.15. The molecule has 0 amide bonds. The van der Waals surface area contributed by atoms with Gasteiger partial charge in [0.05, 0.1) is 22.8 Å². The highest BCUT2D eigenvalue weighted by Crippen LogP contribution is 2.32. The number of nitrogens with zero attached hydrogens (tertiary/aromatic N) is 3. The number of fused-ring (bicyclic) bond motifs is 1. The van der Waals surface area contributed by atoms with Crippen molar-refractivity contribution in [2.45, 2.75) is 0 Å². The van der Waals surface area contributed by atoms with E-state index in [0.717, 1.165) is 21.3 Å². The van der Waals surface area contributed by atoms with E-state index >= 15 is 0 Å². The van der Waals surface area contributed by atoms with Crippen molar-refractivity contribution in [2.75, 3.05) is 0 Å². The van der Waals surface area contributed by atoms with E-state index in [0.29, 0.717) is 5.56 Å². The van der Waals surface area contributed by atoms with Gasteiger partial charge in [-0.1, -0.05) is 15.9 Å². The Morgan fingerprint density at radius 2 is 2.11 bits per heavy atom. The summed E-state index contributed by atoms with van der Waals surface area (Å²) in [6.07, 6.45) is 3.47. The van der Waals surface area contributed by atoms with E-state index in [-0.39, 0.29) is 5.75 Å². The maximum atomic E-state index is 9.95. The minimum absolute atomic E-state index is 0.213. The molecule has 0 aliphatic carbocycles. The molecule has 5 heteroatoms. The third-order valence-electron chi connectivity index (χ3n) is 2.88. The zero-order chi connectivity index (χ0) is 12.7. The van der Waals surface area contributed by atoms with Gasteiger partial charge in [0.25, 0.3) is 0 Å². The normalized spacial score (nSPS) is 11.0. The first-order valence-corrected chi connectivity index (χ1v) is 6.21. The highest BCUT2D eigenvalue weighted by Gasteiger charge is 2.13. The molecule has 1 aromatic carbocycles. The third-order valence-corrected chi connectivity index (χ3v) is 3.38. The van der Waals surface area contributed by atoms with Gasteiger partial charge in [0.15, 0.2) is 0 Å². The van der Waals surface area contributed by atoms with Crippen LogP contribution in [0.1, 0.15) is 0 Å². The molecular weight excluding hydrogens is 294 g/mol. The van der Waals surface area contributed by atoms with Crippen molar-refractivity contribution in [3.8, 4) is 17.1 Å². The van der Waals surface area contributed by atoms with Gasteiger partial charge in [0.1, 0.15) is 11.6 Å². The van der Waals surface area contributed by atoms with Crippen LogP contribution in [0.25, 0.3) is 22.4 Å². The topological polar surface area (TPSA) is 50.9 Å². The van der Waals surface area contributed by atoms with Gasteiger partial charge < -0.3 is 9.67 Å². The Morgan fingerprint density at radius 1 is 1.28 bits per heavy atom. The molecule has 90 valence electrons. The van der Waals surface area contributed by atoms with Crippen LogP contribution in [0.2, 0.25) is 0 Å². The predicted octanol–water partition coefficient (Wildman–Crippen LogP) is 3.10. The van der Waals surface area contributed by atoms with Crippen LogP contribution >= 0.6 is 15.9 Å². The second-order valence-electron chi connectivity index (χ2n) is 4.02. The SMILES string of the molecule is Cn1c(-c2cc(Br)ccc2O)nc2ccncc21. The van der Waals surface area contributed by atoms with Crippen LogP contribution in [-0.4, -0.2) is 19.6 Å². The molecule has 0 radical (unpaired) electrons. The Kier molecular flexibility index (Phi) is 2.56. The summed E-state index contributed by atoms with van der Waals surface area (Å²) in [5.41, 5.74) is 2.50. The van der Waals surface area contributed by atoms with Crippen molar-refractivity contribution in [1.82, 2.24) is 14.5 Å². The number of aromatic hydroxyl groups is 1. The predicted molar refractivity (Wildman–Crippen MR) is 73.3 cm³/mol. The standard InChI is InChI=1S/C13H10BrN3O/c1-17-11-7-15-5-4-10(11)16-13(17)9-6-8(14)2-3-12(9)18/h2-7,18H,1H3. The summed E-state index contributed by atoms with van der Waals surface area (Å²) in [6.45, 7) is 0. The second kappa shape index (κ2) is 4.10. The Hall–Kier alpha value is -1.88. The maximum absolute atomic E-state index is 9.95. The third kappa shape index (κ3) is 1.67. The van der Waals surface area contributed by atoms with Crippen LogP contribution in [0, 0.1) is 0 Å². The van der Waals surface area contributed by atoms with Gasteiger partial charge in [-0.2, -0.15) is 0 Å². The molecule has 0 saturated heterocycles. The van der Waals surface area contributed by atoms with E-state index in [1.54, 1.807) is 24.5 Å². The molecule has 0 aliphatic heterocycles. The van der Waals surface area contributed by atoms with Crippen LogP contribution in [0.15, 0.2) is 41.1 Å². The zero-order valence-corrected chi connectivity index (χ0v) is 11.2. The van der Waals surface area contributed by atoms with Crippen LogP contribution in [0.3, 0.4) is 0 Å². The van der Waals surface area contributed by atoms with E-state index in [9.17, 15) is 5.11 Å². The number of aromatic nitrogens is 3. The molecule has 0 atom stereocenters. The summed E-state index contributed by atoms with van der Waals surface area (Å²) in [5.74, 6) is 0.932. The van der Waals surface area contributed by atoms with Crippen molar-refractivity contribution in [3.63, 3.8) is 0 Å². The quantitative estimate of drug-likeness (QED) is 0.751. The fourth-order valence-electron chi connectivity index (χ4n) is 1.96. The zero-order valence-electron chi connectivity index (χ0n) is 9.63. The molecule has 0 spiro atoms. The minimum Gasteiger partial charge on any atom is -0.507 e. The first-order chi connectivity index (χ1) is 8.66. The van der Waals surface area contributed by atoms with E-state index < -0.39 is 0 Å². The lowest BCUT2D eigenvalue weighted by atomic mass is 10.2. The number of aryl methyl sites for hydroxylation is 1. The monoisotopic (exact) mass is 303 g/mol. The first kappa shape index (κ1) is 11.2. The molecule has 1 N–H and O–H groups in total. The largest absolute Gasteiger partial charge is 0.507 e. The average molecular weight is 304 g/mol. The Balaban J connectivity index is 2.31. The van der Waals surface area contributed by atoms with Gasteiger partial charge in [-0.05, 0) is 24.3 Å². The number of hydrogen-bond donors (Lipinski definition) is 1. The highest BCUT2D eigenvalue weighted by molar-refractivity contribution is 9.10. The number of hydrogen-bond acceptors (Lipinski definition) is 3. The molecular formula is C13H10BrN3O. The van der Waals surface area contributed by atoms with Crippen molar-refractivity contribution in [1.29, 1.82) is 0 Å². The number of rotatable bonds is 1. The minimum atomic E-state index is 0.213. The molecule has 3 aromatic rings. The molecule has 0 aliphatic rings. The van der Waals surface area contributed by atoms with Gasteiger partial charge in [-0.25, -0.2) is 4.98 Å². The maximum Gasteiger partial charge on any atom is 0.144 e. The number of phenols is 1. The van der Waals surface area contributed by atoms with E-state index in [4.69, 9.17) is 0 Å². The number of halogens is 1. The molecule has 18 heavy (non-hydrogen) atoms. The van der Waals surface area contributed by atoms with Crippen LogP contribution in [0.5, 0.6) is 5.75 Å². The Bertz CT molecular complexity index is 736. The van der Waals surface area contributed by atoms with Gasteiger partial charge in [-0.3, -0.25) is 4.98 Å². The van der Waals surface area contributed by atoms with Crippen LogP contribution in [-0.2, 0) is 7.05 Å². The molecule has 0 bridgehead atoms. The van der Waals surface area contributed by atoms with Gasteiger partial charge >= 0.3 is 0 Å². The lowest BCUT2D eigenvalue weighted by Crippen LogP contribution is -1.93. The lowest BCUT2D eigenvalue weighted by molar-refractivity contribution is 0.476. The Morgan fingerprint density at radius 3 is 2.89 bits per heavy atom. The van der Waals surface area contributed by atoms with Crippen molar-refractivity contribution >= 4 is 27.0 Å². The summed E-state index contributed by atoms with van der Waals surface area (Å²) < 4.78 is 2.82. The lowest BCUT2D eigenvalue weighted by Gasteiger charge is -2.05. The summed E-state index contributed by atoms with van der Waals surface area (Å²) in [5, 5.41) is 9.95.